The minimum atomic E-state index is -0.222. The van der Waals surface area contributed by atoms with Crippen LogP contribution in [0.5, 0.6) is 0 Å². The van der Waals surface area contributed by atoms with E-state index in [1.807, 2.05) is 36.2 Å². The van der Waals surface area contributed by atoms with Crippen molar-refractivity contribution >= 4 is 17.3 Å². The lowest BCUT2D eigenvalue weighted by Crippen LogP contribution is -2.17. The average Bonchev–Trinajstić information content (AvgIpc) is 2.39. The maximum absolute atomic E-state index is 13.2. The number of anilines is 1. The van der Waals surface area contributed by atoms with E-state index in [4.69, 9.17) is 17.3 Å². The van der Waals surface area contributed by atoms with Crippen LogP contribution >= 0.6 is 11.6 Å². The van der Waals surface area contributed by atoms with Gasteiger partial charge in [-0.05, 0) is 48.4 Å². The highest BCUT2D eigenvalue weighted by Crippen LogP contribution is 2.27. The minimum Gasteiger partial charge on any atom is -0.369 e. The molecule has 2 N–H and O–H groups in total. The van der Waals surface area contributed by atoms with Crippen LogP contribution in [0, 0.1) is 5.82 Å². The summed E-state index contributed by atoms with van der Waals surface area (Å²) in [6, 6.07) is 12.5. The molecule has 20 heavy (non-hydrogen) atoms. The van der Waals surface area contributed by atoms with Crippen molar-refractivity contribution in [2.24, 2.45) is 5.73 Å². The predicted molar refractivity (Wildman–Crippen MR) is 82.7 cm³/mol. The zero-order valence-corrected chi connectivity index (χ0v) is 12.2. The summed E-state index contributed by atoms with van der Waals surface area (Å²) in [4.78, 5) is 2.00. The van der Waals surface area contributed by atoms with Crippen LogP contribution in [-0.4, -0.2) is 13.6 Å². The fourth-order valence-corrected chi connectivity index (χ4v) is 2.52. The average molecular weight is 293 g/mol. The van der Waals surface area contributed by atoms with Gasteiger partial charge >= 0.3 is 0 Å². The monoisotopic (exact) mass is 292 g/mol. The lowest BCUT2D eigenvalue weighted by molar-refractivity contribution is 0.625. The van der Waals surface area contributed by atoms with Crippen molar-refractivity contribution in [3.05, 3.63) is 64.4 Å². The van der Waals surface area contributed by atoms with Gasteiger partial charge in [-0.3, -0.25) is 0 Å². The molecule has 0 bridgehead atoms. The molecular formula is C16H18ClFN2. The first kappa shape index (κ1) is 14.8. The van der Waals surface area contributed by atoms with Gasteiger partial charge in [-0.25, -0.2) is 4.39 Å². The van der Waals surface area contributed by atoms with Gasteiger partial charge in [0.2, 0.25) is 0 Å². The van der Waals surface area contributed by atoms with Gasteiger partial charge in [0.15, 0.2) is 0 Å². The molecule has 0 saturated heterocycles. The third kappa shape index (κ3) is 3.71. The van der Waals surface area contributed by atoms with Gasteiger partial charge in [-0.2, -0.15) is 0 Å². The zero-order chi connectivity index (χ0) is 14.5. The summed E-state index contributed by atoms with van der Waals surface area (Å²) in [6.07, 6.45) is 0.813. The molecule has 0 radical (unpaired) electrons. The molecular weight excluding hydrogens is 275 g/mol. The molecule has 0 fully saturated rings. The molecule has 0 saturated carbocycles. The molecule has 2 rings (SSSR count). The van der Waals surface area contributed by atoms with Gasteiger partial charge in [0.1, 0.15) is 5.82 Å². The highest BCUT2D eigenvalue weighted by atomic mass is 35.5. The summed E-state index contributed by atoms with van der Waals surface area (Å²) in [5, 5.41) is 0.690. The van der Waals surface area contributed by atoms with Gasteiger partial charge in [-0.15, -0.1) is 0 Å². The molecule has 0 aromatic heterocycles. The van der Waals surface area contributed by atoms with Crippen molar-refractivity contribution in [1.29, 1.82) is 0 Å². The van der Waals surface area contributed by atoms with E-state index in [2.05, 4.69) is 0 Å². The van der Waals surface area contributed by atoms with Crippen LogP contribution in [-0.2, 0) is 13.0 Å². The standard InChI is InChI=1S/C16H18ClFN2/c1-20(11-13-3-2-4-14(18)9-13)16-6-5-12(7-8-19)10-15(16)17/h2-6,9-10H,7-8,11,19H2,1H3. The van der Waals surface area contributed by atoms with Gasteiger partial charge in [0.25, 0.3) is 0 Å². The number of nitrogens with two attached hydrogens (primary N) is 1. The minimum absolute atomic E-state index is 0.222. The van der Waals surface area contributed by atoms with E-state index in [1.165, 1.54) is 12.1 Å². The Labute approximate surface area is 124 Å². The third-order valence-electron chi connectivity index (χ3n) is 3.17. The Bertz CT molecular complexity index is 586. The topological polar surface area (TPSA) is 29.3 Å². The fraction of sp³-hybridized carbons (Fsp3) is 0.250. The Morgan fingerprint density at radius 1 is 1.15 bits per heavy atom. The van der Waals surface area contributed by atoms with Crippen molar-refractivity contribution in [1.82, 2.24) is 0 Å². The number of nitrogens with zero attached hydrogens (tertiary/aromatic N) is 1. The molecule has 2 aromatic rings. The van der Waals surface area contributed by atoms with E-state index >= 15 is 0 Å². The summed E-state index contributed by atoms with van der Waals surface area (Å²) >= 11 is 6.30. The maximum Gasteiger partial charge on any atom is 0.123 e. The number of hydrogen-bond donors (Lipinski definition) is 1. The molecule has 0 aliphatic rings. The largest absolute Gasteiger partial charge is 0.369 e. The lowest BCUT2D eigenvalue weighted by atomic mass is 10.1. The molecule has 0 spiro atoms. The Hall–Kier alpha value is -1.58. The van der Waals surface area contributed by atoms with Crippen LogP contribution in [0.3, 0.4) is 0 Å². The van der Waals surface area contributed by atoms with E-state index in [9.17, 15) is 4.39 Å². The molecule has 2 nitrogen and oxygen atoms in total. The van der Waals surface area contributed by atoms with Crippen LogP contribution in [0.15, 0.2) is 42.5 Å². The van der Waals surface area contributed by atoms with E-state index in [0.29, 0.717) is 18.1 Å². The number of hydrogen-bond acceptors (Lipinski definition) is 2. The van der Waals surface area contributed by atoms with Crippen LogP contribution in [0.1, 0.15) is 11.1 Å². The van der Waals surface area contributed by atoms with Crippen molar-refractivity contribution in [2.45, 2.75) is 13.0 Å². The lowest BCUT2D eigenvalue weighted by Gasteiger charge is -2.21. The van der Waals surface area contributed by atoms with E-state index in [0.717, 1.165) is 23.2 Å². The predicted octanol–water partition coefficient (Wildman–Crippen LogP) is 3.62. The quantitative estimate of drug-likeness (QED) is 0.912. The molecule has 2 aromatic carbocycles. The molecule has 0 unspecified atom stereocenters. The molecule has 0 amide bonds. The molecule has 4 heteroatoms. The molecule has 0 heterocycles. The van der Waals surface area contributed by atoms with E-state index < -0.39 is 0 Å². The van der Waals surface area contributed by atoms with Gasteiger partial charge < -0.3 is 10.6 Å². The van der Waals surface area contributed by atoms with Crippen molar-refractivity contribution in [3.8, 4) is 0 Å². The van der Waals surface area contributed by atoms with E-state index in [1.54, 1.807) is 6.07 Å². The summed E-state index contributed by atoms with van der Waals surface area (Å²) in [5.74, 6) is -0.222. The van der Waals surface area contributed by atoms with Crippen LogP contribution in [0.25, 0.3) is 0 Å². The third-order valence-corrected chi connectivity index (χ3v) is 3.47. The molecule has 0 aliphatic heterocycles. The SMILES string of the molecule is CN(Cc1cccc(F)c1)c1ccc(CCN)cc1Cl. The highest BCUT2D eigenvalue weighted by molar-refractivity contribution is 6.33. The second-order valence-corrected chi connectivity index (χ2v) is 5.22. The Kier molecular flexibility index (Phi) is 4.99. The summed E-state index contributed by atoms with van der Waals surface area (Å²) in [6.45, 7) is 1.21. The second-order valence-electron chi connectivity index (χ2n) is 4.81. The normalized spacial score (nSPS) is 10.6. The first-order valence-corrected chi connectivity index (χ1v) is 6.92. The summed E-state index contributed by atoms with van der Waals surface area (Å²) in [5.41, 5.74) is 8.50. The summed E-state index contributed by atoms with van der Waals surface area (Å²) in [7, 11) is 1.94. The van der Waals surface area contributed by atoms with Gasteiger partial charge in [0.05, 0.1) is 10.7 Å². The van der Waals surface area contributed by atoms with Crippen LogP contribution in [0.4, 0.5) is 10.1 Å². The smallest absolute Gasteiger partial charge is 0.123 e. The molecule has 0 atom stereocenters. The van der Waals surface area contributed by atoms with Gasteiger partial charge in [0, 0.05) is 13.6 Å². The Morgan fingerprint density at radius 2 is 1.95 bits per heavy atom. The van der Waals surface area contributed by atoms with Crippen LogP contribution < -0.4 is 10.6 Å². The Morgan fingerprint density at radius 3 is 2.60 bits per heavy atom. The second kappa shape index (κ2) is 6.73. The first-order valence-electron chi connectivity index (χ1n) is 6.54. The molecule has 0 aliphatic carbocycles. The highest BCUT2D eigenvalue weighted by Gasteiger charge is 2.08. The van der Waals surface area contributed by atoms with Crippen molar-refractivity contribution in [3.63, 3.8) is 0 Å². The fourth-order valence-electron chi connectivity index (χ4n) is 2.18. The first-order chi connectivity index (χ1) is 9.60. The van der Waals surface area contributed by atoms with Crippen molar-refractivity contribution in [2.75, 3.05) is 18.5 Å². The van der Waals surface area contributed by atoms with Crippen LogP contribution in [0.2, 0.25) is 5.02 Å². The Balaban J connectivity index is 2.14. The zero-order valence-electron chi connectivity index (χ0n) is 11.4. The maximum atomic E-state index is 13.2. The van der Waals surface area contributed by atoms with Crippen molar-refractivity contribution < 1.29 is 4.39 Å². The molecule has 106 valence electrons. The van der Waals surface area contributed by atoms with Gasteiger partial charge in [-0.1, -0.05) is 29.8 Å². The number of benzene rings is 2. The number of halogens is 2. The van der Waals surface area contributed by atoms with E-state index in [-0.39, 0.29) is 5.82 Å². The summed E-state index contributed by atoms with van der Waals surface area (Å²) < 4.78 is 13.2. The number of rotatable bonds is 5.